The maximum Gasteiger partial charge on any atom is 0.0457 e. The summed E-state index contributed by atoms with van der Waals surface area (Å²) in [6.45, 7) is 2.56. The van der Waals surface area contributed by atoms with Gasteiger partial charge < -0.3 is 5.73 Å². The van der Waals surface area contributed by atoms with Crippen LogP contribution in [-0.4, -0.2) is 0 Å². The molecule has 2 aromatic rings. The molecule has 2 aromatic carbocycles. The Labute approximate surface area is 101 Å². The number of hydrogen-bond donors (Lipinski definition) is 1. The first kappa shape index (κ1) is 11.2. The van der Waals surface area contributed by atoms with Crippen LogP contribution in [0.3, 0.4) is 0 Å². The molecule has 0 amide bonds. The van der Waals surface area contributed by atoms with Crippen molar-refractivity contribution in [1.29, 1.82) is 0 Å². The third kappa shape index (κ3) is 2.26. The largest absolute Gasteiger partial charge is 0.326 e. The molecule has 16 heavy (non-hydrogen) atoms. The first-order valence-electron chi connectivity index (χ1n) is 5.26. The van der Waals surface area contributed by atoms with Crippen LogP contribution >= 0.6 is 11.6 Å². The van der Waals surface area contributed by atoms with Crippen molar-refractivity contribution in [3.8, 4) is 11.1 Å². The minimum absolute atomic E-state index is 0.479. The molecule has 0 heterocycles. The first-order chi connectivity index (χ1) is 7.70. The van der Waals surface area contributed by atoms with Gasteiger partial charge in [-0.2, -0.15) is 0 Å². The highest BCUT2D eigenvalue weighted by molar-refractivity contribution is 6.31. The summed E-state index contributed by atoms with van der Waals surface area (Å²) >= 11 is 6.13. The van der Waals surface area contributed by atoms with E-state index < -0.39 is 0 Å². The van der Waals surface area contributed by atoms with Crippen LogP contribution < -0.4 is 5.73 Å². The monoisotopic (exact) mass is 231 g/mol. The zero-order valence-corrected chi connectivity index (χ0v) is 9.96. The van der Waals surface area contributed by atoms with Gasteiger partial charge in [0.15, 0.2) is 0 Å². The number of nitrogens with two attached hydrogens (primary N) is 1. The number of aryl methyl sites for hydroxylation is 1. The first-order valence-corrected chi connectivity index (χ1v) is 5.64. The molecule has 0 bridgehead atoms. The SMILES string of the molecule is Cc1ccc(-c2ccc(CN)c(Cl)c2)cc1. The van der Waals surface area contributed by atoms with Gasteiger partial charge in [0.2, 0.25) is 0 Å². The summed E-state index contributed by atoms with van der Waals surface area (Å²) < 4.78 is 0. The Kier molecular flexibility index (Phi) is 3.28. The Morgan fingerprint density at radius 1 is 1.00 bits per heavy atom. The second-order valence-electron chi connectivity index (χ2n) is 3.88. The molecule has 0 aliphatic rings. The third-order valence-electron chi connectivity index (χ3n) is 2.66. The molecule has 0 fully saturated rings. The van der Waals surface area contributed by atoms with Gasteiger partial charge in [-0.1, -0.05) is 53.6 Å². The zero-order chi connectivity index (χ0) is 11.5. The van der Waals surface area contributed by atoms with Gasteiger partial charge in [0.25, 0.3) is 0 Å². The van der Waals surface area contributed by atoms with Crippen molar-refractivity contribution in [2.75, 3.05) is 0 Å². The van der Waals surface area contributed by atoms with Crippen molar-refractivity contribution in [3.63, 3.8) is 0 Å². The van der Waals surface area contributed by atoms with E-state index in [1.807, 2.05) is 12.1 Å². The lowest BCUT2D eigenvalue weighted by Crippen LogP contribution is -1.96. The number of halogens is 1. The summed E-state index contributed by atoms with van der Waals surface area (Å²) in [5.41, 5.74) is 10.1. The van der Waals surface area contributed by atoms with Gasteiger partial charge in [-0.25, -0.2) is 0 Å². The van der Waals surface area contributed by atoms with Crippen molar-refractivity contribution >= 4 is 11.6 Å². The highest BCUT2D eigenvalue weighted by Gasteiger charge is 2.02. The summed E-state index contributed by atoms with van der Waals surface area (Å²) in [6.07, 6.45) is 0. The van der Waals surface area contributed by atoms with Gasteiger partial charge in [-0.3, -0.25) is 0 Å². The number of benzene rings is 2. The average molecular weight is 232 g/mol. The summed E-state index contributed by atoms with van der Waals surface area (Å²) in [4.78, 5) is 0. The fourth-order valence-corrected chi connectivity index (χ4v) is 1.90. The minimum Gasteiger partial charge on any atom is -0.326 e. The molecule has 0 saturated carbocycles. The van der Waals surface area contributed by atoms with Crippen LogP contribution in [0.4, 0.5) is 0 Å². The molecule has 82 valence electrons. The molecular weight excluding hydrogens is 218 g/mol. The van der Waals surface area contributed by atoms with Crippen molar-refractivity contribution in [2.24, 2.45) is 5.73 Å². The fraction of sp³-hybridized carbons (Fsp3) is 0.143. The topological polar surface area (TPSA) is 26.0 Å². The third-order valence-corrected chi connectivity index (χ3v) is 3.01. The molecule has 0 aliphatic heterocycles. The van der Waals surface area contributed by atoms with Crippen LogP contribution in [0.15, 0.2) is 42.5 Å². The molecule has 0 aliphatic carbocycles. The fourth-order valence-electron chi connectivity index (χ4n) is 1.64. The Morgan fingerprint density at radius 3 is 2.19 bits per heavy atom. The second-order valence-corrected chi connectivity index (χ2v) is 4.28. The van der Waals surface area contributed by atoms with E-state index in [0.29, 0.717) is 6.54 Å². The summed E-state index contributed by atoms with van der Waals surface area (Å²) in [7, 11) is 0. The van der Waals surface area contributed by atoms with Gasteiger partial charge in [-0.15, -0.1) is 0 Å². The quantitative estimate of drug-likeness (QED) is 0.837. The molecular formula is C14H14ClN. The lowest BCUT2D eigenvalue weighted by molar-refractivity contribution is 1.07. The van der Waals surface area contributed by atoms with E-state index in [4.69, 9.17) is 17.3 Å². The van der Waals surface area contributed by atoms with E-state index in [9.17, 15) is 0 Å². The Morgan fingerprint density at radius 2 is 1.62 bits per heavy atom. The molecule has 0 saturated heterocycles. The predicted molar refractivity (Wildman–Crippen MR) is 69.5 cm³/mol. The van der Waals surface area contributed by atoms with E-state index in [1.54, 1.807) is 0 Å². The van der Waals surface area contributed by atoms with Crippen LogP contribution in [0.25, 0.3) is 11.1 Å². The van der Waals surface area contributed by atoms with Gasteiger partial charge >= 0.3 is 0 Å². The minimum atomic E-state index is 0.479. The molecule has 0 aromatic heterocycles. The second kappa shape index (κ2) is 4.69. The summed E-state index contributed by atoms with van der Waals surface area (Å²) in [5, 5.41) is 0.737. The lowest BCUT2D eigenvalue weighted by Gasteiger charge is -2.06. The van der Waals surface area contributed by atoms with Crippen LogP contribution in [0, 0.1) is 6.92 Å². The summed E-state index contributed by atoms with van der Waals surface area (Å²) in [6, 6.07) is 14.4. The predicted octanol–water partition coefficient (Wildman–Crippen LogP) is 3.77. The van der Waals surface area contributed by atoms with E-state index in [0.717, 1.165) is 16.1 Å². The van der Waals surface area contributed by atoms with E-state index in [-0.39, 0.29) is 0 Å². The number of hydrogen-bond acceptors (Lipinski definition) is 1. The van der Waals surface area contributed by atoms with Crippen molar-refractivity contribution in [3.05, 3.63) is 58.6 Å². The smallest absolute Gasteiger partial charge is 0.0457 e. The standard InChI is InChI=1S/C14H14ClN/c1-10-2-4-11(5-3-10)12-6-7-13(9-16)14(15)8-12/h2-8H,9,16H2,1H3. The molecule has 2 heteroatoms. The van der Waals surface area contributed by atoms with Crippen LogP contribution in [0.2, 0.25) is 5.02 Å². The van der Waals surface area contributed by atoms with Gasteiger partial charge in [0.05, 0.1) is 0 Å². The van der Waals surface area contributed by atoms with E-state index in [1.165, 1.54) is 11.1 Å². The summed E-state index contributed by atoms with van der Waals surface area (Å²) in [5.74, 6) is 0. The Bertz CT molecular complexity index is 489. The van der Waals surface area contributed by atoms with Gasteiger partial charge in [0.1, 0.15) is 0 Å². The maximum atomic E-state index is 6.13. The lowest BCUT2D eigenvalue weighted by atomic mass is 10.0. The van der Waals surface area contributed by atoms with Crippen LogP contribution in [0.1, 0.15) is 11.1 Å². The molecule has 2 rings (SSSR count). The highest BCUT2D eigenvalue weighted by Crippen LogP contribution is 2.25. The van der Waals surface area contributed by atoms with Crippen molar-refractivity contribution in [1.82, 2.24) is 0 Å². The van der Waals surface area contributed by atoms with E-state index in [2.05, 4.69) is 37.3 Å². The Balaban J connectivity index is 2.41. The average Bonchev–Trinajstić information content (AvgIpc) is 2.30. The van der Waals surface area contributed by atoms with Gasteiger partial charge in [-0.05, 0) is 29.7 Å². The van der Waals surface area contributed by atoms with Crippen molar-refractivity contribution < 1.29 is 0 Å². The maximum absolute atomic E-state index is 6.13. The molecule has 0 unspecified atom stereocenters. The molecule has 2 N–H and O–H groups in total. The molecule has 0 radical (unpaired) electrons. The van der Waals surface area contributed by atoms with Crippen molar-refractivity contribution in [2.45, 2.75) is 13.5 Å². The normalized spacial score (nSPS) is 10.4. The highest BCUT2D eigenvalue weighted by atomic mass is 35.5. The molecule has 0 atom stereocenters. The zero-order valence-electron chi connectivity index (χ0n) is 9.20. The molecule has 1 nitrogen and oxygen atoms in total. The Hall–Kier alpha value is -1.31. The van der Waals surface area contributed by atoms with Gasteiger partial charge in [0, 0.05) is 11.6 Å². The van der Waals surface area contributed by atoms with E-state index >= 15 is 0 Å². The van der Waals surface area contributed by atoms with Crippen LogP contribution in [0.5, 0.6) is 0 Å². The molecule has 0 spiro atoms. The van der Waals surface area contributed by atoms with Crippen LogP contribution in [-0.2, 0) is 6.54 Å². The number of rotatable bonds is 2.